The average molecular weight is 457 g/mol. The lowest BCUT2D eigenvalue weighted by Crippen LogP contribution is -2.32. The van der Waals surface area contributed by atoms with Gasteiger partial charge in [0.15, 0.2) is 11.5 Å². The molecule has 0 saturated carbocycles. The van der Waals surface area contributed by atoms with Crippen molar-refractivity contribution in [1.29, 1.82) is 0 Å². The van der Waals surface area contributed by atoms with Gasteiger partial charge in [-0.2, -0.15) is 0 Å². The van der Waals surface area contributed by atoms with E-state index in [4.69, 9.17) is 18.9 Å². The zero-order valence-corrected chi connectivity index (χ0v) is 19.0. The number of nitrogens with zero attached hydrogens (tertiary/aromatic N) is 1. The van der Waals surface area contributed by atoms with Crippen LogP contribution in [0.5, 0.6) is 23.0 Å². The van der Waals surface area contributed by atoms with Gasteiger partial charge in [-0.05, 0) is 30.3 Å². The molecular formula is C27H23NO6. The van der Waals surface area contributed by atoms with Crippen molar-refractivity contribution in [3.8, 4) is 28.7 Å². The van der Waals surface area contributed by atoms with Crippen LogP contribution in [0, 0.1) is 0 Å². The minimum atomic E-state index is -0.599. The number of para-hydroxylation sites is 2. The molecule has 0 N–H and O–H groups in total. The number of pyridine rings is 1. The van der Waals surface area contributed by atoms with Crippen LogP contribution in [0.2, 0.25) is 0 Å². The molecule has 0 fully saturated rings. The molecule has 1 aliphatic rings. The van der Waals surface area contributed by atoms with Gasteiger partial charge < -0.3 is 18.9 Å². The van der Waals surface area contributed by atoms with Gasteiger partial charge in [0, 0.05) is 22.6 Å². The maximum absolute atomic E-state index is 14.1. The Morgan fingerprint density at radius 1 is 0.824 bits per heavy atom. The Kier molecular flexibility index (Phi) is 5.45. The molecule has 172 valence electrons. The molecule has 2 heterocycles. The van der Waals surface area contributed by atoms with E-state index in [1.807, 2.05) is 54.6 Å². The molecule has 3 aromatic carbocycles. The zero-order valence-electron chi connectivity index (χ0n) is 19.0. The number of carbonyl (C=O) groups excluding carboxylic acids is 1. The zero-order chi connectivity index (χ0) is 23.8. The van der Waals surface area contributed by atoms with Crippen LogP contribution in [0.1, 0.15) is 23.5 Å². The molecular weight excluding hydrogens is 434 g/mol. The molecule has 7 heteroatoms. The molecule has 0 saturated heterocycles. The highest BCUT2D eigenvalue weighted by Gasteiger charge is 2.36. The van der Waals surface area contributed by atoms with Crippen LogP contribution in [0.25, 0.3) is 16.6 Å². The fourth-order valence-electron chi connectivity index (χ4n) is 4.67. The van der Waals surface area contributed by atoms with E-state index in [1.165, 1.54) is 21.3 Å². The Bertz CT molecular complexity index is 1460. The van der Waals surface area contributed by atoms with Crippen molar-refractivity contribution < 1.29 is 23.7 Å². The molecule has 1 atom stereocenters. The van der Waals surface area contributed by atoms with Crippen LogP contribution in [0.4, 0.5) is 0 Å². The first-order valence-electron chi connectivity index (χ1n) is 10.8. The van der Waals surface area contributed by atoms with Crippen molar-refractivity contribution in [3.63, 3.8) is 0 Å². The summed E-state index contributed by atoms with van der Waals surface area (Å²) in [7, 11) is 4.57. The fraction of sp³-hybridized carbons (Fsp3) is 0.185. The second-order valence-corrected chi connectivity index (χ2v) is 7.89. The first-order valence-corrected chi connectivity index (χ1v) is 10.8. The third-order valence-electron chi connectivity index (χ3n) is 6.13. The summed E-state index contributed by atoms with van der Waals surface area (Å²) in [6.45, 7) is 0. The van der Waals surface area contributed by atoms with Gasteiger partial charge in [-0.15, -0.1) is 0 Å². The van der Waals surface area contributed by atoms with Crippen LogP contribution in [0.3, 0.4) is 0 Å². The number of benzene rings is 3. The molecule has 0 aliphatic carbocycles. The summed E-state index contributed by atoms with van der Waals surface area (Å²) in [5.74, 6) is 0.556. The van der Waals surface area contributed by atoms with Crippen LogP contribution >= 0.6 is 0 Å². The molecule has 0 unspecified atom stereocenters. The molecule has 1 aliphatic heterocycles. The van der Waals surface area contributed by atoms with E-state index in [2.05, 4.69) is 0 Å². The predicted octanol–water partition coefficient (Wildman–Crippen LogP) is 4.46. The lowest BCUT2D eigenvalue weighted by atomic mass is 9.85. The van der Waals surface area contributed by atoms with Crippen LogP contribution in [0.15, 0.2) is 71.5 Å². The van der Waals surface area contributed by atoms with E-state index < -0.39 is 11.9 Å². The molecule has 34 heavy (non-hydrogen) atoms. The highest BCUT2D eigenvalue weighted by molar-refractivity contribution is 5.92. The van der Waals surface area contributed by atoms with E-state index in [1.54, 1.807) is 16.7 Å². The van der Waals surface area contributed by atoms with Gasteiger partial charge in [-0.25, -0.2) is 0 Å². The molecule has 5 rings (SSSR count). The number of methoxy groups -OCH3 is 3. The van der Waals surface area contributed by atoms with Crippen molar-refractivity contribution in [1.82, 2.24) is 4.57 Å². The summed E-state index contributed by atoms with van der Waals surface area (Å²) in [4.78, 5) is 26.8. The summed E-state index contributed by atoms with van der Waals surface area (Å²) >= 11 is 0. The number of hydrogen-bond acceptors (Lipinski definition) is 6. The van der Waals surface area contributed by atoms with E-state index in [9.17, 15) is 9.59 Å². The van der Waals surface area contributed by atoms with Gasteiger partial charge >= 0.3 is 5.97 Å². The van der Waals surface area contributed by atoms with E-state index >= 15 is 0 Å². The van der Waals surface area contributed by atoms with Gasteiger partial charge in [0.25, 0.3) is 5.56 Å². The van der Waals surface area contributed by atoms with Gasteiger partial charge in [0.2, 0.25) is 5.75 Å². The van der Waals surface area contributed by atoms with Crippen LogP contribution < -0.4 is 24.5 Å². The smallest absolute Gasteiger partial charge is 0.312 e. The van der Waals surface area contributed by atoms with Crippen molar-refractivity contribution in [2.45, 2.75) is 12.3 Å². The Balaban J connectivity index is 1.87. The number of ether oxygens (including phenoxy) is 4. The highest BCUT2D eigenvalue weighted by atomic mass is 16.5. The molecule has 0 radical (unpaired) electrons. The van der Waals surface area contributed by atoms with Crippen LogP contribution in [-0.4, -0.2) is 31.9 Å². The fourth-order valence-corrected chi connectivity index (χ4v) is 4.67. The van der Waals surface area contributed by atoms with Crippen LogP contribution in [-0.2, 0) is 4.79 Å². The van der Waals surface area contributed by atoms with Gasteiger partial charge in [-0.1, -0.05) is 36.4 Å². The topological polar surface area (TPSA) is 76.0 Å². The molecule has 0 bridgehead atoms. The Labute approximate surface area is 196 Å². The molecule has 0 spiro atoms. The standard InChI is InChI=1S/C27H23NO6/c1-31-21-14-13-17(25(32-2)26(21)33-3)19-15-22(29)34-24-18-11-7-8-12-20(18)28(27(30)23(19)24)16-9-5-4-6-10-16/h4-14,19H,15H2,1-3H3/t19-/m0/s1. The average Bonchev–Trinajstić information content (AvgIpc) is 2.87. The minimum Gasteiger partial charge on any atom is -0.493 e. The number of carbonyl (C=O) groups is 1. The van der Waals surface area contributed by atoms with E-state index in [-0.39, 0.29) is 17.7 Å². The van der Waals surface area contributed by atoms with E-state index in [0.29, 0.717) is 39.3 Å². The lowest BCUT2D eigenvalue weighted by Gasteiger charge is -2.28. The predicted molar refractivity (Wildman–Crippen MR) is 128 cm³/mol. The van der Waals surface area contributed by atoms with Gasteiger partial charge in [0.05, 0.1) is 38.8 Å². The number of aromatic nitrogens is 1. The number of esters is 1. The molecule has 1 aromatic heterocycles. The maximum atomic E-state index is 14.1. The summed E-state index contributed by atoms with van der Waals surface area (Å²) in [6, 6.07) is 20.4. The SMILES string of the molecule is COc1ccc([C@@H]2CC(=O)Oc3c2c(=O)n(-c2ccccc2)c2ccccc32)c(OC)c1OC. The monoisotopic (exact) mass is 457 g/mol. The lowest BCUT2D eigenvalue weighted by molar-refractivity contribution is -0.135. The number of rotatable bonds is 5. The molecule has 4 aromatic rings. The minimum absolute atomic E-state index is 0.0127. The first-order chi connectivity index (χ1) is 16.6. The highest BCUT2D eigenvalue weighted by Crippen LogP contribution is 2.48. The van der Waals surface area contributed by atoms with Crippen molar-refractivity contribution in [2.75, 3.05) is 21.3 Å². The van der Waals surface area contributed by atoms with E-state index in [0.717, 1.165) is 5.69 Å². The maximum Gasteiger partial charge on any atom is 0.312 e. The second kappa shape index (κ2) is 8.59. The Hall–Kier alpha value is -4.26. The first kappa shape index (κ1) is 21.6. The number of hydrogen-bond donors (Lipinski definition) is 0. The summed E-state index contributed by atoms with van der Waals surface area (Å²) < 4.78 is 24.0. The molecule has 0 amide bonds. The Morgan fingerprint density at radius 3 is 2.24 bits per heavy atom. The van der Waals surface area contributed by atoms with Gasteiger partial charge in [-0.3, -0.25) is 14.2 Å². The largest absolute Gasteiger partial charge is 0.493 e. The van der Waals surface area contributed by atoms with Crippen molar-refractivity contribution in [3.05, 3.63) is 88.2 Å². The van der Waals surface area contributed by atoms with Crippen molar-refractivity contribution in [2.24, 2.45) is 0 Å². The second-order valence-electron chi connectivity index (χ2n) is 7.89. The summed E-state index contributed by atoms with van der Waals surface area (Å²) in [5, 5.41) is 0.679. The summed E-state index contributed by atoms with van der Waals surface area (Å²) in [5.41, 5.74) is 2.17. The molecule has 7 nitrogen and oxygen atoms in total. The number of fused-ring (bicyclic) bond motifs is 3. The summed E-state index contributed by atoms with van der Waals surface area (Å²) in [6.07, 6.45) is -0.0127. The quantitative estimate of drug-likeness (QED) is 0.412. The normalized spacial score (nSPS) is 14.9. The van der Waals surface area contributed by atoms with Crippen molar-refractivity contribution >= 4 is 16.9 Å². The van der Waals surface area contributed by atoms with Gasteiger partial charge in [0.1, 0.15) is 5.75 Å². The third-order valence-corrected chi connectivity index (χ3v) is 6.13. The Morgan fingerprint density at radius 2 is 1.53 bits per heavy atom. The third kappa shape index (κ3) is 3.28.